The van der Waals surface area contributed by atoms with Gasteiger partial charge in [-0.2, -0.15) is 13.2 Å². The van der Waals surface area contributed by atoms with Gasteiger partial charge in [-0.05, 0) is 36.0 Å². The first-order valence-corrected chi connectivity index (χ1v) is 6.80. The van der Waals surface area contributed by atoms with E-state index >= 15 is 0 Å². The Morgan fingerprint density at radius 1 is 0.857 bits per heavy atom. The Bertz CT molecular complexity index is 564. The summed E-state index contributed by atoms with van der Waals surface area (Å²) in [5.41, 5.74) is 1.03. The van der Waals surface area contributed by atoms with Crippen LogP contribution in [0, 0.1) is 5.92 Å². The minimum absolute atomic E-state index is 0.0505. The highest BCUT2D eigenvalue weighted by atomic mass is 19.4. The van der Waals surface area contributed by atoms with Crippen LogP contribution in [0.1, 0.15) is 16.7 Å². The Balaban J connectivity index is 2.08. The van der Waals surface area contributed by atoms with Crippen LogP contribution in [0.3, 0.4) is 0 Å². The summed E-state index contributed by atoms with van der Waals surface area (Å²) >= 11 is 0. The molecule has 0 aliphatic heterocycles. The van der Waals surface area contributed by atoms with Crippen LogP contribution in [-0.4, -0.2) is 11.7 Å². The number of hydrogen-bond acceptors (Lipinski definition) is 1. The zero-order valence-electron chi connectivity index (χ0n) is 11.5. The normalized spacial score (nSPS) is 13.1. The van der Waals surface area contributed by atoms with E-state index in [1.54, 1.807) is 6.07 Å². The van der Waals surface area contributed by atoms with E-state index in [1.165, 1.54) is 6.07 Å². The average molecular weight is 294 g/mol. The van der Waals surface area contributed by atoms with Gasteiger partial charge < -0.3 is 5.11 Å². The molecule has 0 aromatic heterocycles. The van der Waals surface area contributed by atoms with Crippen molar-refractivity contribution in [3.8, 4) is 0 Å². The highest BCUT2D eigenvalue weighted by molar-refractivity contribution is 5.26. The van der Waals surface area contributed by atoms with E-state index in [-0.39, 0.29) is 12.5 Å². The lowest BCUT2D eigenvalue weighted by molar-refractivity contribution is -0.137. The lowest BCUT2D eigenvalue weighted by Crippen LogP contribution is -2.14. The summed E-state index contributed by atoms with van der Waals surface area (Å²) in [5.74, 6) is -0.0871. The first-order valence-electron chi connectivity index (χ1n) is 6.80. The number of alkyl halides is 3. The van der Waals surface area contributed by atoms with Gasteiger partial charge in [0.15, 0.2) is 0 Å². The summed E-state index contributed by atoms with van der Waals surface area (Å²) in [5, 5.41) is 9.46. The predicted molar refractivity (Wildman–Crippen MR) is 75.9 cm³/mol. The monoisotopic (exact) mass is 294 g/mol. The number of aliphatic hydroxyl groups excluding tert-OH is 1. The number of rotatable bonds is 5. The van der Waals surface area contributed by atoms with Crippen molar-refractivity contribution in [3.63, 3.8) is 0 Å². The maximum atomic E-state index is 12.7. The van der Waals surface area contributed by atoms with Crippen molar-refractivity contribution in [3.05, 3.63) is 71.3 Å². The van der Waals surface area contributed by atoms with Gasteiger partial charge in [0.1, 0.15) is 0 Å². The van der Waals surface area contributed by atoms with Crippen molar-refractivity contribution in [2.24, 2.45) is 5.92 Å². The quantitative estimate of drug-likeness (QED) is 0.880. The molecule has 2 rings (SSSR count). The van der Waals surface area contributed by atoms with Crippen LogP contribution in [0.5, 0.6) is 0 Å². The molecule has 4 heteroatoms. The molecule has 0 heterocycles. The van der Waals surface area contributed by atoms with Crippen molar-refractivity contribution < 1.29 is 18.3 Å². The van der Waals surface area contributed by atoms with Crippen molar-refractivity contribution in [2.75, 3.05) is 6.61 Å². The lowest BCUT2D eigenvalue weighted by Gasteiger charge is -2.15. The fraction of sp³-hybridized carbons (Fsp3) is 0.294. The molecule has 1 nitrogen and oxygen atoms in total. The van der Waals surface area contributed by atoms with Crippen LogP contribution in [0.15, 0.2) is 54.6 Å². The average Bonchev–Trinajstić information content (AvgIpc) is 2.47. The summed E-state index contributed by atoms with van der Waals surface area (Å²) in [6, 6.07) is 14.9. The number of benzene rings is 2. The van der Waals surface area contributed by atoms with Gasteiger partial charge in [-0.25, -0.2) is 0 Å². The van der Waals surface area contributed by atoms with Crippen LogP contribution < -0.4 is 0 Å². The van der Waals surface area contributed by atoms with Crippen molar-refractivity contribution in [2.45, 2.75) is 19.0 Å². The molecule has 0 bridgehead atoms. The third kappa shape index (κ3) is 4.60. The van der Waals surface area contributed by atoms with Crippen LogP contribution in [0.4, 0.5) is 13.2 Å². The highest BCUT2D eigenvalue weighted by Gasteiger charge is 2.30. The van der Waals surface area contributed by atoms with E-state index in [1.807, 2.05) is 30.3 Å². The predicted octanol–water partition coefficient (Wildman–Crippen LogP) is 4.10. The molecule has 21 heavy (non-hydrogen) atoms. The molecule has 0 amide bonds. The molecule has 0 fully saturated rings. The molecule has 0 saturated carbocycles. The molecule has 0 aliphatic rings. The summed E-state index contributed by atoms with van der Waals surface area (Å²) in [7, 11) is 0. The van der Waals surface area contributed by atoms with Crippen LogP contribution in [-0.2, 0) is 19.0 Å². The fourth-order valence-corrected chi connectivity index (χ4v) is 2.36. The molecule has 2 aromatic rings. The van der Waals surface area contributed by atoms with Crippen LogP contribution in [0.25, 0.3) is 0 Å². The topological polar surface area (TPSA) is 20.2 Å². The third-order valence-corrected chi connectivity index (χ3v) is 3.40. The Hall–Kier alpha value is -1.81. The maximum absolute atomic E-state index is 12.7. The number of aliphatic hydroxyl groups is 1. The Labute approximate surface area is 122 Å². The maximum Gasteiger partial charge on any atom is 0.416 e. The molecule has 0 radical (unpaired) electrons. The van der Waals surface area contributed by atoms with Crippen LogP contribution >= 0.6 is 0 Å². The Kier molecular flexibility index (Phi) is 5.02. The minimum atomic E-state index is -4.33. The van der Waals surface area contributed by atoms with E-state index < -0.39 is 11.7 Å². The smallest absolute Gasteiger partial charge is 0.396 e. The molecule has 0 saturated heterocycles. The molecule has 0 aliphatic carbocycles. The van der Waals surface area contributed by atoms with Gasteiger partial charge in [0.25, 0.3) is 0 Å². The van der Waals surface area contributed by atoms with E-state index in [4.69, 9.17) is 0 Å². The highest BCUT2D eigenvalue weighted by Crippen LogP contribution is 2.30. The Morgan fingerprint density at radius 2 is 1.48 bits per heavy atom. The summed E-state index contributed by atoms with van der Waals surface area (Å²) in [4.78, 5) is 0. The second-order valence-corrected chi connectivity index (χ2v) is 5.14. The zero-order chi connectivity index (χ0) is 15.3. The second kappa shape index (κ2) is 6.76. The van der Waals surface area contributed by atoms with E-state index in [2.05, 4.69) is 0 Å². The molecule has 112 valence electrons. The summed E-state index contributed by atoms with van der Waals surface area (Å²) < 4.78 is 38.1. The summed E-state index contributed by atoms with van der Waals surface area (Å²) in [6.45, 7) is -0.0505. The van der Waals surface area contributed by atoms with Gasteiger partial charge in [-0.3, -0.25) is 0 Å². The lowest BCUT2D eigenvalue weighted by atomic mass is 9.92. The minimum Gasteiger partial charge on any atom is -0.396 e. The van der Waals surface area contributed by atoms with E-state index in [0.717, 1.165) is 17.7 Å². The molecular formula is C17H17F3O. The van der Waals surface area contributed by atoms with Gasteiger partial charge >= 0.3 is 6.18 Å². The standard InChI is InChI=1S/C17H17F3O/c18-17(19,20)16-8-4-7-14(11-16)10-15(12-21)9-13-5-2-1-3-6-13/h1-8,11,15,21H,9-10,12H2. The third-order valence-electron chi connectivity index (χ3n) is 3.40. The first kappa shape index (κ1) is 15.6. The van der Waals surface area contributed by atoms with Crippen LogP contribution in [0.2, 0.25) is 0 Å². The van der Waals surface area contributed by atoms with Crippen molar-refractivity contribution in [1.82, 2.24) is 0 Å². The second-order valence-electron chi connectivity index (χ2n) is 5.14. The Morgan fingerprint density at radius 3 is 2.10 bits per heavy atom. The van der Waals surface area contributed by atoms with Crippen molar-refractivity contribution in [1.29, 1.82) is 0 Å². The molecule has 1 atom stereocenters. The van der Waals surface area contributed by atoms with Gasteiger partial charge in [0, 0.05) is 6.61 Å². The van der Waals surface area contributed by atoms with Gasteiger partial charge in [0.05, 0.1) is 5.56 Å². The van der Waals surface area contributed by atoms with Crippen molar-refractivity contribution >= 4 is 0 Å². The molecule has 1 unspecified atom stereocenters. The van der Waals surface area contributed by atoms with Gasteiger partial charge in [-0.1, -0.05) is 48.5 Å². The molecular weight excluding hydrogens is 277 g/mol. The molecule has 2 aromatic carbocycles. The zero-order valence-corrected chi connectivity index (χ0v) is 11.5. The first-order chi connectivity index (χ1) is 9.99. The van der Waals surface area contributed by atoms with Gasteiger partial charge in [0.2, 0.25) is 0 Å². The van der Waals surface area contributed by atoms with E-state index in [0.29, 0.717) is 18.4 Å². The van der Waals surface area contributed by atoms with E-state index in [9.17, 15) is 18.3 Å². The fourth-order valence-electron chi connectivity index (χ4n) is 2.36. The molecule has 0 spiro atoms. The molecule has 1 N–H and O–H groups in total. The SMILES string of the molecule is OCC(Cc1ccccc1)Cc1cccc(C(F)(F)F)c1. The largest absolute Gasteiger partial charge is 0.416 e. The number of halogens is 3. The summed E-state index contributed by atoms with van der Waals surface area (Å²) in [6.07, 6.45) is -3.26. The van der Waals surface area contributed by atoms with Gasteiger partial charge in [-0.15, -0.1) is 0 Å². The number of hydrogen-bond donors (Lipinski definition) is 1.